The highest BCUT2D eigenvalue weighted by Crippen LogP contribution is 2.23. The van der Waals surface area contributed by atoms with Crippen LogP contribution in [0.2, 0.25) is 0 Å². The van der Waals surface area contributed by atoms with Gasteiger partial charge < -0.3 is 5.11 Å². The second kappa shape index (κ2) is 7.89. The summed E-state index contributed by atoms with van der Waals surface area (Å²) in [6, 6.07) is 4.84. The maximum atomic E-state index is 12.7. The zero-order chi connectivity index (χ0) is 18.6. The Labute approximate surface area is 146 Å². The molecule has 2 rings (SSSR count). The largest absolute Gasteiger partial charge is 0.480 e. The normalized spacial score (nSPS) is 19.5. The molecule has 1 aliphatic rings. The van der Waals surface area contributed by atoms with Crippen molar-refractivity contribution in [2.45, 2.75) is 30.2 Å². The van der Waals surface area contributed by atoms with Gasteiger partial charge in [-0.15, -0.1) is 0 Å². The molecule has 0 spiro atoms. The third-order valence-electron chi connectivity index (χ3n) is 4.35. The van der Waals surface area contributed by atoms with E-state index in [9.17, 15) is 23.3 Å². The molecule has 10 heteroatoms. The first-order chi connectivity index (χ1) is 11.7. The quantitative estimate of drug-likeness (QED) is 0.588. The summed E-state index contributed by atoms with van der Waals surface area (Å²) >= 11 is 0. The lowest BCUT2D eigenvalue weighted by molar-refractivity contribution is -0.384. The number of likely N-dealkylation sites (N-methyl/N-ethyl adjacent to an activating group) is 1. The van der Waals surface area contributed by atoms with Gasteiger partial charge in [0.2, 0.25) is 10.0 Å². The van der Waals surface area contributed by atoms with E-state index in [2.05, 4.69) is 0 Å². The molecule has 1 saturated heterocycles. The number of benzene rings is 1. The fourth-order valence-corrected chi connectivity index (χ4v) is 4.46. The second-order valence-electron chi connectivity index (χ2n) is 6.05. The molecule has 0 bridgehead atoms. The van der Waals surface area contributed by atoms with Gasteiger partial charge in [-0.2, -0.15) is 4.31 Å². The van der Waals surface area contributed by atoms with Crippen LogP contribution in [0.15, 0.2) is 29.2 Å². The summed E-state index contributed by atoms with van der Waals surface area (Å²) in [6.45, 7) is 0.546. The number of nitro benzene ring substituents is 1. The van der Waals surface area contributed by atoms with Crippen LogP contribution in [0.25, 0.3) is 0 Å². The number of hydrogen-bond acceptors (Lipinski definition) is 6. The van der Waals surface area contributed by atoms with E-state index in [1.807, 2.05) is 0 Å². The summed E-state index contributed by atoms with van der Waals surface area (Å²) in [4.78, 5) is 22.7. The van der Waals surface area contributed by atoms with Crippen LogP contribution < -0.4 is 0 Å². The molecule has 1 aromatic carbocycles. The molecule has 1 atom stereocenters. The molecular formula is C15H21N3O6S. The van der Waals surface area contributed by atoms with Gasteiger partial charge in [0.25, 0.3) is 5.69 Å². The van der Waals surface area contributed by atoms with Crippen molar-refractivity contribution in [3.8, 4) is 0 Å². The number of carboxylic acid groups (broad SMARTS) is 1. The number of carboxylic acids is 1. The van der Waals surface area contributed by atoms with E-state index in [0.717, 1.165) is 6.42 Å². The minimum absolute atomic E-state index is 0.00756. The Bertz CT molecular complexity index is 734. The number of rotatable bonds is 6. The molecule has 1 unspecified atom stereocenters. The van der Waals surface area contributed by atoms with Gasteiger partial charge in [-0.3, -0.25) is 19.8 Å². The van der Waals surface area contributed by atoms with Crippen molar-refractivity contribution in [3.05, 3.63) is 34.4 Å². The Morgan fingerprint density at radius 2 is 1.96 bits per heavy atom. The number of sulfonamides is 1. The molecule has 1 N–H and O–H groups in total. The van der Waals surface area contributed by atoms with E-state index in [-0.39, 0.29) is 29.7 Å². The number of hydrogen-bond donors (Lipinski definition) is 1. The Morgan fingerprint density at radius 3 is 2.52 bits per heavy atom. The van der Waals surface area contributed by atoms with Gasteiger partial charge in [-0.25, -0.2) is 8.42 Å². The van der Waals surface area contributed by atoms with Crippen LogP contribution in [0.5, 0.6) is 0 Å². The Hall–Kier alpha value is -2.04. The summed E-state index contributed by atoms with van der Waals surface area (Å²) < 4.78 is 26.8. The standard InChI is InChI=1S/C15H21N3O6S/c1-16(11-15(19)20)12-3-2-9-17(10-8-12)25(23,24)14-6-4-13(5-7-14)18(21)22/h4-7,12H,2-3,8-11H2,1H3,(H,19,20). The van der Waals surface area contributed by atoms with Crippen molar-refractivity contribution in [2.75, 3.05) is 26.7 Å². The molecular weight excluding hydrogens is 350 g/mol. The average Bonchev–Trinajstić information content (AvgIpc) is 2.81. The summed E-state index contributed by atoms with van der Waals surface area (Å²) in [5, 5.41) is 19.6. The number of non-ortho nitro benzene ring substituents is 1. The third-order valence-corrected chi connectivity index (χ3v) is 6.26. The van der Waals surface area contributed by atoms with E-state index in [1.54, 1.807) is 11.9 Å². The van der Waals surface area contributed by atoms with Crippen LogP contribution >= 0.6 is 0 Å². The Balaban J connectivity index is 2.10. The summed E-state index contributed by atoms with van der Waals surface area (Å²) in [5.41, 5.74) is -0.162. The molecule has 0 aliphatic carbocycles. The van der Waals surface area contributed by atoms with Crippen molar-refractivity contribution in [1.82, 2.24) is 9.21 Å². The van der Waals surface area contributed by atoms with Crippen molar-refractivity contribution in [2.24, 2.45) is 0 Å². The Morgan fingerprint density at radius 1 is 1.32 bits per heavy atom. The molecule has 9 nitrogen and oxygen atoms in total. The van der Waals surface area contributed by atoms with Crippen LogP contribution in [0.3, 0.4) is 0 Å². The van der Waals surface area contributed by atoms with Crippen LogP contribution in [0.4, 0.5) is 5.69 Å². The van der Waals surface area contributed by atoms with Gasteiger partial charge in [0.15, 0.2) is 0 Å². The lowest BCUT2D eigenvalue weighted by Crippen LogP contribution is -2.37. The highest BCUT2D eigenvalue weighted by Gasteiger charge is 2.29. The van der Waals surface area contributed by atoms with Crippen molar-refractivity contribution in [1.29, 1.82) is 0 Å². The van der Waals surface area contributed by atoms with Crippen LogP contribution in [0, 0.1) is 10.1 Å². The smallest absolute Gasteiger partial charge is 0.317 e. The van der Waals surface area contributed by atoms with E-state index in [4.69, 9.17) is 5.11 Å². The molecule has 0 saturated carbocycles. The molecule has 1 aliphatic heterocycles. The minimum Gasteiger partial charge on any atom is -0.480 e. The number of carbonyl (C=O) groups is 1. The lowest BCUT2D eigenvalue weighted by atomic mass is 10.1. The first-order valence-corrected chi connectivity index (χ1v) is 9.32. The van der Waals surface area contributed by atoms with Gasteiger partial charge in [0.1, 0.15) is 0 Å². The van der Waals surface area contributed by atoms with E-state index < -0.39 is 20.9 Å². The van der Waals surface area contributed by atoms with Gasteiger partial charge in [0.05, 0.1) is 16.4 Å². The molecule has 138 valence electrons. The molecule has 0 aromatic heterocycles. The van der Waals surface area contributed by atoms with E-state index in [1.165, 1.54) is 28.6 Å². The minimum atomic E-state index is -3.72. The molecule has 25 heavy (non-hydrogen) atoms. The van der Waals surface area contributed by atoms with Crippen molar-refractivity contribution in [3.63, 3.8) is 0 Å². The van der Waals surface area contributed by atoms with Crippen molar-refractivity contribution < 1.29 is 23.2 Å². The molecule has 1 heterocycles. The number of nitrogens with zero attached hydrogens (tertiary/aromatic N) is 3. The highest BCUT2D eigenvalue weighted by molar-refractivity contribution is 7.89. The summed E-state index contributed by atoms with van der Waals surface area (Å²) in [6.07, 6.45) is 1.88. The molecule has 0 radical (unpaired) electrons. The predicted molar refractivity (Wildman–Crippen MR) is 89.8 cm³/mol. The van der Waals surface area contributed by atoms with Crippen LogP contribution in [0.1, 0.15) is 19.3 Å². The van der Waals surface area contributed by atoms with E-state index in [0.29, 0.717) is 19.4 Å². The average molecular weight is 371 g/mol. The topological polar surface area (TPSA) is 121 Å². The number of nitro groups is 1. The maximum Gasteiger partial charge on any atom is 0.317 e. The lowest BCUT2D eigenvalue weighted by Gasteiger charge is -2.25. The fourth-order valence-electron chi connectivity index (χ4n) is 2.96. The zero-order valence-corrected chi connectivity index (χ0v) is 14.7. The van der Waals surface area contributed by atoms with Gasteiger partial charge >= 0.3 is 5.97 Å². The third kappa shape index (κ3) is 4.74. The molecule has 1 aromatic rings. The first-order valence-electron chi connectivity index (χ1n) is 7.88. The first kappa shape index (κ1) is 19.3. The van der Waals surface area contributed by atoms with Crippen LogP contribution in [-0.2, 0) is 14.8 Å². The van der Waals surface area contributed by atoms with Crippen LogP contribution in [-0.4, -0.2) is 66.3 Å². The van der Waals surface area contributed by atoms with Gasteiger partial charge in [-0.05, 0) is 38.4 Å². The van der Waals surface area contributed by atoms with E-state index >= 15 is 0 Å². The Kier molecular flexibility index (Phi) is 6.09. The van der Waals surface area contributed by atoms with Gasteiger partial charge in [-0.1, -0.05) is 0 Å². The molecule has 0 amide bonds. The fraction of sp³-hybridized carbons (Fsp3) is 0.533. The SMILES string of the molecule is CN(CC(=O)O)C1CCCN(S(=O)(=O)c2ccc([N+](=O)[O-])cc2)CC1. The highest BCUT2D eigenvalue weighted by atomic mass is 32.2. The van der Waals surface area contributed by atoms with Crippen molar-refractivity contribution >= 4 is 21.7 Å². The monoisotopic (exact) mass is 371 g/mol. The summed E-state index contributed by atoms with van der Waals surface area (Å²) in [7, 11) is -2.00. The summed E-state index contributed by atoms with van der Waals surface area (Å²) in [5.74, 6) is -0.915. The molecule has 1 fully saturated rings. The predicted octanol–water partition coefficient (Wildman–Crippen LogP) is 1.15. The number of aliphatic carboxylic acids is 1. The second-order valence-corrected chi connectivity index (χ2v) is 7.99. The van der Waals surface area contributed by atoms with Gasteiger partial charge in [0, 0.05) is 31.3 Å². The zero-order valence-electron chi connectivity index (χ0n) is 13.9. The maximum absolute atomic E-state index is 12.7.